The van der Waals surface area contributed by atoms with Crippen LogP contribution in [0.25, 0.3) is 11.0 Å². The summed E-state index contributed by atoms with van der Waals surface area (Å²) in [6.07, 6.45) is 2.88. The number of hydrogen-bond acceptors (Lipinski definition) is 4. The maximum absolute atomic E-state index is 12.0. The van der Waals surface area contributed by atoms with Crippen LogP contribution in [0.4, 0.5) is 5.69 Å². The van der Waals surface area contributed by atoms with Crippen LogP contribution in [0.2, 0.25) is 0 Å². The van der Waals surface area contributed by atoms with Crippen LogP contribution in [-0.4, -0.2) is 19.4 Å². The van der Waals surface area contributed by atoms with Crippen molar-refractivity contribution in [1.82, 2.24) is 0 Å². The Hall–Kier alpha value is -2.10. The predicted molar refractivity (Wildman–Crippen MR) is 78.5 cm³/mol. The highest BCUT2D eigenvalue weighted by molar-refractivity contribution is 5.99. The molecule has 0 aliphatic carbocycles. The van der Waals surface area contributed by atoms with E-state index in [9.17, 15) is 9.59 Å². The predicted octanol–water partition coefficient (Wildman–Crippen LogP) is 2.84. The highest BCUT2D eigenvalue weighted by atomic mass is 16.4. The van der Waals surface area contributed by atoms with Crippen LogP contribution < -0.4 is 10.5 Å². The molecular weight excluding hydrogens is 254 g/mol. The third kappa shape index (κ3) is 2.11. The second-order valence-corrected chi connectivity index (χ2v) is 5.46. The standard InChI is InChI=1S/C16H17NO3/c1-11-5-4-8-17(9-11)15-12-6-2-3-7-14(12)20-16(19)13(15)10-18/h2-3,6-7,10-11H,4-5,8-9H2,1H3. The summed E-state index contributed by atoms with van der Waals surface area (Å²) in [5.74, 6) is 0.564. The molecule has 0 spiro atoms. The number of para-hydroxylation sites is 1. The molecule has 0 radical (unpaired) electrons. The minimum atomic E-state index is -0.549. The monoisotopic (exact) mass is 271 g/mol. The van der Waals surface area contributed by atoms with Crippen LogP contribution in [0.1, 0.15) is 30.1 Å². The zero-order valence-electron chi connectivity index (χ0n) is 11.5. The summed E-state index contributed by atoms with van der Waals surface area (Å²) in [6.45, 7) is 3.94. The number of anilines is 1. The minimum Gasteiger partial charge on any atom is -0.422 e. The summed E-state index contributed by atoms with van der Waals surface area (Å²) >= 11 is 0. The van der Waals surface area contributed by atoms with Crippen LogP contribution in [0.5, 0.6) is 0 Å². The van der Waals surface area contributed by atoms with E-state index in [1.807, 2.05) is 18.2 Å². The Balaban J connectivity index is 2.25. The van der Waals surface area contributed by atoms with Crippen molar-refractivity contribution in [2.75, 3.05) is 18.0 Å². The molecular formula is C16H17NO3. The molecule has 4 heteroatoms. The van der Waals surface area contributed by atoms with E-state index in [0.29, 0.717) is 17.8 Å². The zero-order valence-corrected chi connectivity index (χ0v) is 11.5. The van der Waals surface area contributed by atoms with Gasteiger partial charge in [0.05, 0.1) is 5.69 Å². The summed E-state index contributed by atoms with van der Waals surface area (Å²) in [6, 6.07) is 7.39. The first-order valence-corrected chi connectivity index (χ1v) is 6.96. The second kappa shape index (κ2) is 5.12. The Labute approximate surface area is 117 Å². The Kier molecular flexibility index (Phi) is 3.30. The lowest BCUT2D eigenvalue weighted by atomic mass is 9.98. The van der Waals surface area contributed by atoms with Crippen molar-refractivity contribution in [1.29, 1.82) is 0 Å². The fourth-order valence-electron chi connectivity index (χ4n) is 2.98. The zero-order chi connectivity index (χ0) is 14.1. The third-order valence-corrected chi connectivity index (χ3v) is 3.91. The van der Waals surface area contributed by atoms with E-state index in [4.69, 9.17) is 4.42 Å². The van der Waals surface area contributed by atoms with Gasteiger partial charge in [-0.15, -0.1) is 0 Å². The normalized spacial score (nSPS) is 19.2. The third-order valence-electron chi connectivity index (χ3n) is 3.91. The fourth-order valence-corrected chi connectivity index (χ4v) is 2.98. The molecule has 1 aliphatic heterocycles. The number of carbonyl (C=O) groups excluding carboxylic acids is 1. The lowest BCUT2D eigenvalue weighted by molar-refractivity contribution is 0.112. The van der Waals surface area contributed by atoms with Gasteiger partial charge in [0, 0.05) is 18.5 Å². The molecule has 1 atom stereocenters. The molecule has 1 fully saturated rings. The molecule has 2 aromatic rings. The van der Waals surface area contributed by atoms with Crippen molar-refractivity contribution in [2.24, 2.45) is 5.92 Å². The van der Waals surface area contributed by atoms with Gasteiger partial charge in [-0.2, -0.15) is 0 Å². The molecule has 0 saturated carbocycles. The molecule has 20 heavy (non-hydrogen) atoms. The Morgan fingerprint density at radius 1 is 1.35 bits per heavy atom. The molecule has 0 amide bonds. The van der Waals surface area contributed by atoms with Crippen LogP contribution in [-0.2, 0) is 0 Å². The van der Waals surface area contributed by atoms with Gasteiger partial charge in [-0.25, -0.2) is 4.79 Å². The highest BCUT2D eigenvalue weighted by Crippen LogP contribution is 2.31. The molecule has 3 rings (SSSR count). The van der Waals surface area contributed by atoms with E-state index in [0.717, 1.165) is 30.6 Å². The second-order valence-electron chi connectivity index (χ2n) is 5.46. The smallest absolute Gasteiger partial charge is 0.349 e. The van der Waals surface area contributed by atoms with Gasteiger partial charge in [0.1, 0.15) is 11.1 Å². The lowest BCUT2D eigenvalue weighted by Gasteiger charge is -2.33. The number of rotatable bonds is 2. The molecule has 2 heterocycles. The van der Waals surface area contributed by atoms with Gasteiger partial charge < -0.3 is 9.32 Å². The summed E-state index contributed by atoms with van der Waals surface area (Å²) in [7, 11) is 0. The van der Waals surface area contributed by atoms with Crippen molar-refractivity contribution in [2.45, 2.75) is 19.8 Å². The molecule has 1 unspecified atom stereocenters. The summed E-state index contributed by atoms with van der Waals surface area (Å²) in [5, 5.41) is 0.836. The molecule has 1 saturated heterocycles. The summed E-state index contributed by atoms with van der Waals surface area (Å²) in [4.78, 5) is 25.5. The van der Waals surface area contributed by atoms with E-state index >= 15 is 0 Å². The van der Waals surface area contributed by atoms with Crippen molar-refractivity contribution >= 4 is 22.9 Å². The molecule has 1 aliphatic rings. The van der Waals surface area contributed by atoms with Gasteiger partial charge in [0.2, 0.25) is 0 Å². The first kappa shape index (κ1) is 12.9. The number of fused-ring (bicyclic) bond motifs is 1. The molecule has 104 valence electrons. The largest absolute Gasteiger partial charge is 0.422 e. The van der Waals surface area contributed by atoms with Crippen LogP contribution in [0, 0.1) is 5.92 Å². The first-order chi connectivity index (χ1) is 9.70. The van der Waals surface area contributed by atoms with E-state index in [2.05, 4.69) is 11.8 Å². The van der Waals surface area contributed by atoms with E-state index in [1.54, 1.807) is 6.07 Å². The topological polar surface area (TPSA) is 50.5 Å². The van der Waals surface area contributed by atoms with Gasteiger partial charge >= 0.3 is 5.63 Å². The van der Waals surface area contributed by atoms with Crippen molar-refractivity contribution in [3.8, 4) is 0 Å². The van der Waals surface area contributed by atoms with Crippen LogP contribution >= 0.6 is 0 Å². The minimum absolute atomic E-state index is 0.137. The van der Waals surface area contributed by atoms with Crippen LogP contribution in [0.15, 0.2) is 33.5 Å². The molecule has 4 nitrogen and oxygen atoms in total. The maximum Gasteiger partial charge on any atom is 0.349 e. The highest BCUT2D eigenvalue weighted by Gasteiger charge is 2.23. The van der Waals surface area contributed by atoms with Gasteiger partial charge in [-0.1, -0.05) is 19.1 Å². The van der Waals surface area contributed by atoms with Crippen LogP contribution in [0.3, 0.4) is 0 Å². The Morgan fingerprint density at radius 2 is 2.15 bits per heavy atom. The first-order valence-electron chi connectivity index (χ1n) is 6.96. The Bertz CT molecular complexity index is 704. The van der Waals surface area contributed by atoms with Gasteiger partial charge in [-0.3, -0.25) is 4.79 Å². The van der Waals surface area contributed by atoms with Crippen molar-refractivity contribution in [3.05, 3.63) is 40.2 Å². The van der Waals surface area contributed by atoms with E-state index < -0.39 is 5.63 Å². The number of benzene rings is 1. The maximum atomic E-state index is 12.0. The van der Waals surface area contributed by atoms with Gasteiger partial charge in [-0.05, 0) is 30.9 Å². The average molecular weight is 271 g/mol. The van der Waals surface area contributed by atoms with Crippen molar-refractivity contribution < 1.29 is 9.21 Å². The molecule has 0 N–H and O–H groups in total. The van der Waals surface area contributed by atoms with E-state index in [-0.39, 0.29) is 5.56 Å². The number of piperidine rings is 1. The lowest BCUT2D eigenvalue weighted by Crippen LogP contribution is -2.36. The summed E-state index contributed by atoms with van der Waals surface area (Å²) < 4.78 is 5.23. The Morgan fingerprint density at radius 3 is 2.90 bits per heavy atom. The molecule has 0 bridgehead atoms. The number of carbonyl (C=O) groups is 1. The fraction of sp³-hybridized carbons (Fsp3) is 0.375. The molecule has 1 aromatic carbocycles. The van der Waals surface area contributed by atoms with E-state index in [1.165, 1.54) is 6.42 Å². The number of aldehydes is 1. The van der Waals surface area contributed by atoms with Gasteiger partial charge in [0.25, 0.3) is 0 Å². The van der Waals surface area contributed by atoms with Gasteiger partial charge in [0.15, 0.2) is 6.29 Å². The quantitative estimate of drug-likeness (QED) is 0.622. The average Bonchev–Trinajstić information content (AvgIpc) is 2.45. The summed E-state index contributed by atoms with van der Waals surface area (Å²) in [5.41, 5.74) is 0.861. The molecule has 1 aromatic heterocycles. The number of nitrogens with zero attached hydrogens (tertiary/aromatic N) is 1. The number of hydrogen-bond donors (Lipinski definition) is 0. The SMILES string of the molecule is CC1CCCN(c2c(C=O)c(=O)oc3ccccc23)C1. The van der Waals surface area contributed by atoms with Crippen molar-refractivity contribution in [3.63, 3.8) is 0 Å².